The van der Waals surface area contributed by atoms with E-state index in [0.717, 1.165) is 34.6 Å². The van der Waals surface area contributed by atoms with E-state index in [9.17, 15) is 14.7 Å². The number of aliphatic hydroxyl groups is 1. The molecule has 0 radical (unpaired) electrons. The highest BCUT2D eigenvalue weighted by molar-refractivity contribution is 7.09. The third-order valence-electron chi connectivity index (χ3n) is 5.74. The molecular formula is C25H21NO4S. The number of Topliss-reactive ketones (excluding diaryl/α,β-unsaturated/α-hetero) is 1. The maximum Gasteiger partial charge on any atom is 0.295 e. The second-order valence-corrected chi connectivity index (χ2v) is 8.72. The Morgan fingerprint density at radius 1 is 1.10 bits per heavy atom. The van der Waals surface area contributed by atoms with E-state index in [1.54, 1.807) is 11.0 Å². The molecule has 1 saturated heterocycles. The monoisotopic (exact) mass is 431 g/mol. The minimum absolute atomic E-state index is 0.129. The van der Waals surface area contributed by atoms with Gasteiger partial charge in [-0.2, -0.15) is 0 Å². The normalized spacial score (nSPS) is 19.9. The van der Waals surface area contributed by atoms with Crippen molar-refractivity contribution in [3.63, 3.8) is 0 Å². The molecule has 0 saturated carbocycles. The van der Waals surface area contributed by atoms with Crippen LogP contribution in [-0.4, -0.2) is 28.3 Å². The van der Waals surface area contributed by atoms with Crippen LogP contribution in [0.3, 0.4) is 0 Å². The third kappa shape index (κ3) is 3.53. The van der Waals surface area contributed by atoms with Crippen LogP contribution in [-0.2, 0) is 22.6 Å². The summed E-state index contributed by atoms with van der Waals surface area (Å²) in [7, 11) is 0. The number of carbonyl (C=O) groups is 2. The molecule has 3 aromatic rings. The molecule has 156 valence electrons. The van der Waals surface area contributed by atoms with Gasteiger partial charge in [-0.1, -0.05) is 36.4 Å². The number of amides is 1. The van der Waals surface area contributed by atoms with Crippen LogP contribution in [0.2, 0.25) is 0 Å². The largest absolute Gasteiger partial charge is 0.507 e. The molecule has 1 unspecified atom stereocenters. The molecule has 2 aliphatic rings. The minimum Gasteiger partial charge on any atom is -0.507 e. The Hall–Kier alpha value is -3.38. The summed E-state index contributed by atoms with van der Waals surface area (Å²) in [4.78, 5) is 28.6. The Morgan fingerprint density at radius 3 is 2.71 bits per heavy atom. The molecular weight excluding hydrogens is 410 g/mol. The highest BCUT2D eigenvalue weighted by Crippen LogP contribution is 2.41. The molecule has 2 aromatic carbocycles. The Labute approximate surface area is 184 Å². The van der Waals surface area contributed by atoms with Gasteiger partial charge in [0.2, 0.25) is 0 Å². The van der Waals surface area contributed by atoms with E-state index in [1.165, 1.54) is 11.3 Å². The van der Waals surface area contributed by atoms with Gasteiger partial charge in [0.25, 0.3) is 11.7 Å². The summed E-state index contributed by atoms with van der Waals surface area (Å²) in [6.45, 7) is 0.997. The van der Waals surface area contributed by atoms with E-state index in [2.05, 4.69) is 0 Å². The lowest BCUT2D eigenvalue weighted by Crippen LogP contribution is -2.28. The van der Waals surface area contributed by atoms with Crippen molar-refractivity contribution in [1.29, 1.82) is 0 Å². The number of rotatable bonds is 4. The number of ketones is 1. The van der Waals surface area contributed by atoms with Gasteiger partial charge in [0.15, 0.2) is 0 Å². The second-order valence-electron chi connectivity index (χ2n) is 7.69. The number of hydrogen-bond donors (Lipinski definition) is 1. The van der Waals surface area contributed by atoms with E-state index in [1.807, 2.05) is 60.0 Å². The standard InChI is InChI=1S/C25H21NO4S/c27-23(18-10-11-20-17(14-18)8-4-12-30-20)21-22(16-6-2-1-3-7-16)26(25(29)24(21)28)15-19-9-5-13-31-19/h1-3,5-7,9-11,13-14,22,27H,4,8,12,15H2/b23-21-. The van der Waals surface area contributed by atoms with E-state index < -0.39 is 17.7 Å². The van der Waals surface area contributed by atoms with Gasteiger partial charge in [-0.15, -0.1) is 11.3 Å². The zero-order valence-corrected chi connectivity index (χ0v) is 17.6. The summed E-state index contributed by atoms with van der Waals surface area (Å²) in [5, 5.41) is 13.2. The maximum absolute atomic E-state index is 13.1. The Balaban J connectivity index is 1.63. The quantitative estimate of drug-likeness (QED) is 0.370. The van der Waals surface area contributed by atoms with Crippen molar-refractivity contribution in [2.24, 2.45) is 0 Å². The number of thiophene rings is 1. The van der Waals surface area contributed by atoms with E-state index in [4.69, 9.17) is 4.74 Å². The van der Waals surface area contributed by atoms with Crippen LogP contribution < -0.4 is 4.74 Å². The lowest BCUT2D eigenvalue weighted by molar-refractivity contribution is -0.140. The third-order valence-corrected chi connectivity index (χ3v) is 6.60. The molecule has 5 rings (SSSR count). The number of aryl methyl sites for hydroxylation is 1. The number of nitrogens with zero attached hydrogens (tertiary/aromatic N) is 1. The van der Waals surface area contributed by atoms with Crippen molar-refractivity contribution < 1.29 is 19.4 Å². The lowest BCUT2D eigenvalue weighted by Gasteiger charge is -2.25. The van der Waals surface area contributed by atoms with Crippen molar-refractivity contribution in [3.05, 3.63) is 93.2 Å². The van der Waals surface area contributed by atoms with Gasteiger partial charge in [-0.25, -0.2) is 0 Å². The van der Waals surface area contributed by atoms with Crippen LogP contribution in [0, 0.1) is 0 Å². The summed E-state index contributed by atoms with van der Waals surface area (Å²) < 4.78 is 5.66. The predicted octanol–water partition coefficient (Wildman–Crippen LogP) is 4.70. The Bertz CT molecular complexity index is 1170. The van der Waals surface area contributed by atoms with Gasteiger partial charge in [0.1, 0.15) is 11.5 Å². The summed E-state index contributed by atoms with van der Waals surface area (Å²) in [6, 6.07) is 18.0. The molecule has 1 atom stereocenters. The number of likely N-dealkylation sites (tertiary alicyclic amines) is 1. The Morgan fingerprint density at radius 2 is 1.94 bits per heavy atom. The molecule has 1 fully saturated rings. The van der Waals surface area contributed by atoms with Crippen LogP contribution in [0.5, 0.6) is 5.75 Å². The maximum atomic E-state index is 13.1. The molecule has 2 aliphatic heterocycles. The molecule has 0 spiro atoms. The fourth-order valence-corrected chi connectivity index (χ4v) is 4.96. The van der Waals surface area contributed by atoms with Crippen LogP contribution >= 0.6 is 11.3 Å². The van der Waals surface area contributed by atoms with Crippen LogP contribution in [0.4, 0.5) is 0 Å². The molecule has 1 amide bonds. The van der Waals surface area contributed by atoms with Crippen molar-refractivity contribution in [1.82, 2.24) is 4.90 Å². The molecule has 0 bridgehead atoms. The molecule has 6 heteroatoms. The van der Waals surface area contributed by atoms with Gasteiger partial charge in [0.05, 0.1) is 24.8 Å². The van der Waals surface area contributed by atoms with Crippen LogP contribution in [0.15, 0.2) is 71.6 Å². The summed E-state index contributed by atoms with van der Waals surface area (Å²) in [6.07, 6.45) is 1.76. The first-order valence-corrected chi connectivity index (χ1v) is 11.1. The number of fused-ring (bicyclic) bond motifs is 1. The van der Waals surface area contributed by atoms with Crippen LogP contribution in [0.25, 0.3) is 5.76 Å². The van der Waals surface area contributed by atoms with Crippen LogP contribution in [0.1, 0.15) is 34.0 Å². The number of aliphatic hydroxyl groups excluding tert-OH is 1. The van der Waals surface area contributed by atoms with E-state index >= 15 is 0 Å². The molecule has 1 N–H and O–H groups in total. The number of ether oxygens (including phenoxy) is 1. The SMILES string of the molecule is O=C1C(=O)N(Cc2cccs2)C(c2ccccc2)/C1=C(/O)c1ccc2c(c1)CCCO2. The lowest BCUT2D eigenvalue weighted by atomic mass is 9.94. The van der Waals surface area contributed by atoms with Gasteiger partial charge in [-0.05, 0) is 53.6 Å². The summed E-state index contributed by atoms with van der Waals surface area (Å²) in [5.41, 5.74) is 2.45. The van der Waals surface area contributed by atoms with Crippen molar-refractivity contribution >= 4 is 28.8 Å². The number of carbonyl (C=O) groups excluding carboxylic acids is 2. The first kappa shape index (κ1) is 19.6. The van der Waals surface area contributed by atoms with Gasteiger partial charge in [-0.3, -0.25) is 9.59 Å². The number of benzene rings is 2. The molecule has 1 aromatic heterocycles. The Kier molecular flexibility index (Phi) is 5.08. The average Bonchev–Trinajstić information content (AvgIpc) is 3.41. The molecule has 5 nitrogen and oxygen atoms in total. The van der Waals surface area contributed by atoms with Crippen molar-refractivity contribution in [2.45, 2.75) is 25.4 Å². The van der Waals surface area contributed by atoms with Crippen molar-refractivity contribution in [3.8, 4) is 5.75 Å². The van der Waals surface area contributed by atoms with Gasteiger partial charge < -0.3 is 14.7 Å². The topological polar surface area (TPSA) is 66.8 Å². The smallest absolute Gasteiger partial charge is 0.295 e. The molecule has 31 heavy (non-hydrogen) atoms. The predicted molar refractivity (Wildman–Crippen MR) is 119 cm³/mol. The van der Waals surface area contributed by atoms with Crippen molar-refractivity contribution in [2.75, 3.05) is 6.61 Å². The fourth-order valence-electron chi connectivity index (χ4n) is 4.26. The fraction of sp³-hybridized carbons (Fsp3) is 0.200. The number of hydrogen-bond acceptors (Lipinski definition) is 5. The molecule has 0 aliphatic carbocycles. The first-order valence-electron chi connectivity index (χ1n) is 10.3. The highest BCUT2D eigenvalue weighted by atomic mass is 32.1. The van der Waals surface area contributed by atoms with Gasteiger partial charge >= 0.3 is 0 Å². The molecule has 3 heterocycles. The zero-order chi connectivity index (χ0) is 21.4. The van der Waals surface area contributed by atoms with E-state index in [0.29, 0.717) is 18.7 Å². The summed E-state index contributed by atoms with van der Waals surface area (Å²) >= 11 is 1.53. The summed E-state index contributed by atoms with van der Waals surface area (Å²) in [5.74, 6) is -0.586. The average molecular weight is 432 g/mol. The first-order chi connectivity index (χ1) is 15.1. The zero-order valence-electron chi connectivity index (χ0n) is 16.8. The second kappa shape index (κ2) is 8.04. The highest BCUT2D eigenvalue weighted by Gasteiger charge is 2.46. The minimum atomic E-state index is -0.656. The van der Waals surface area contributed by atoms with E-state index in [-0.39, 0.29) is 11.3 Å². The van der Waals surface area contributed by atoms with Gasteiger partial charge in [0, 0.05) is 10.4 Å².